The lowest BCUT2D eigenvalue weighted by molar-refractivity contribution is -0.135. The largest absolute Gasteiger partial charge is 0.465 e. The third-order valence-electron chi connectivity index (χ3n) is 6.49. The topological polar surface area (TPSA) is 126 Å². The number of imide groups is 1. The Morgan fingerprint density at radius 1 is 1.31 bits per heavy atom. The molecule has 0 radical (unpaired) electrons. The van der Waals surface area contributed by atoms with E-state index in [4.69, 9.17) is 9.84 Å². The van der Waals surface area contributed by atoms with E-state index >= 15 is 0 Å². The molecule has 1 unspecified atom stereocenters. The Bertz CT molecular complexity index is 1270. The standard InChI is InChI=1S/C24H29N5O6/c1-26(24(33)34)12-10-17-15-28(13-14-35-17)11-4-6-16-5-3-7-18-21(16)27(2)23(32)29(18)19-8-9-20(30)25-22(19)31/h3,5,7,17,19H,8-15H2,1-2H3,(H,33,34)(H,25,30,31)/t17-,19?/m0/s1. The second-order valence-corrected chi connectivity index (χ2v) is 8.87. The molecule has 2 aliphatic rings. The van der Waals surface area contributed by atoms with E-state index in [2.05, 4.69) is 22.1 Å². The molecule has 3 amide bonds. The van der Waals surface area contributed by atoms with Gasteiger partial charge in [0.15, 0.2) is 0 Å². The number of fused-ring (bicyclic) bond motifs is 1. The van der Waals surface area contributed by atoms with Crippen molar-refractivity contribution in [1.82, 2.24) is 24.3 Å². The van der Waals surface area contributed by atoms with E-state index in [1.807, 2.05) is 6.07 Å². The highest BCUT2D eigenvalue weighted by molar-refractivity contribution is 6.00. The molecule has 11 heteroatoms. The van der Waals surface area contributed by atoms with E-state index in [0.717, 1.165) is 6.54 Å². The Morgan fingerprint density at radius 2 is 2.11 bits per heavy atom. The minimum atomic E-state index is -0.960. The van der Waals surface area contributed by atoms with E-state index in [9.17, 15) is 19.2 Å². The Labute approximate surface area is 202 Å². The molecule has 2 atom stereocenters. The third-order valence-corrected chi connectivity index (χ3v) is 6.49. The predicted molar refractivity (Wildman–Crippen MR) is 127 cm³/mol. The number of aromatic nitrogens is 2. The van der Waals surface area contributed by atoms with Crippen LogP contribution in [-0.4, -0.2) is 87.9 Å². The smallest absolute Gasteiger partial charge is 0.407 e. The predicted octanol–water partition coefficient (Wildman–Crippen LogP) is 0.370. The first-order chi connectivity index (χ1) is 16.8. The highest BCUT2D eigenvalue weighted by Gasteiger charge is 2.31. The van der Waals surface area contributed by atoms with Gasteiger partial charge in [-0.2, -0.15) is 0 Å². The Kier molecular flexibility index (Phi) is 7.23. The zero-order valence-corrected chi connectivity index (χ0v) is 19.8. The van der Waals surface area contributed by atoms with Crippen LogP contribution in [0, 0.1) is 11.8 Å². The van der Waals surface area contributed by atoms with Gasteiger partial charge in [-0.05, 0) is 25.0 Å². The SMILES string of the molecule is CN(CC[C@H]1CN(CC#Cc2cccc3c2n(C)c(=O)n3C2CCC(=O)NC2=O)CCO1)C(=O)O. The van der Waals surface area contributed by atoms with Crippen molar-refractivity contribution in [3.05, 3.63) is 34.2 Å². The fourth-order valence-corrected chi connectivity index (χ4v) is 4.55. The van der Waals surface area contributed by atoms with Crippen LogP contribution in [0.15, 0.2) is 23.0 Å². The van der Waals surface area contributed by atoms with Gasteiger partial charge < -0.3 is 14.7 Å². The number of morpholine rings is 1. The summed E-state index contributed by atoms with van der Waals surface area (Å²) in [6.45, 7) is 2.86. The van der Waals surface area contributed by atoms with Crippen LogP contribution in [0.4, 0.5) is 4.79 Å². The molecule has 2 N–H and O–H groups in total. The summed E-state index contributed by atoms with van der Waals surface area (Å²) in [6.07, 6.45) is 0.0613. The monoisotopic (exact) mass is 483 g/mol. The summed E-state index contributed by atoms with van der Waals surface area (Å²) in [7, 11) is 3.19. The number of amides is 3. The minimum absolute atomic E-state index is 0.0563. The molecule has 1 aromatic heterocycles. The van der Waals surface area contributed by atoms with E-state index in [1.165, 1.54) is 21.1 Å². The van der Waals surface area contributed by atoms with Crippen molar-refractivity contribution < 1.29 is 24.2 Å². The maximum atomic E-state index is 13.0. The van der Waals surface area contributed by atoms with Gasteiger partial charge in [-0.3, -0.25) is 28.9 Å². The summed E-state index contributed by atoms with van der Waals surface area (Å²) in [5.74, 6) is 5.56. The molecule has 0 bridgehead atoms. The summed E-state index contributed by atoms with van der Waals surface area (Å²) >= 11 is 0. The van der Waals surface area contributed by atoms with Crippen LogP contribution in [0.25, 0.3) is 11.0 Å². The van der Waals surface area contributed by atoms with Crippen molar-refractivity contribution in [3.8, 4) is 11.8 Å². The first kappa shape index (κ1) is 24.5. The number of nitrogens with zero attached hydrogens (tertiary/aromatic N) is 4. The second kappa shape index (κ2) is 10.3. The molecule has 2 saturated heterocycles. The van der Waals surface area contributed by atoms with Gasteiger partial charge in [0, 0.05) is 40.2 Å². The molecule has 35 heavy (non-hydrogen) atoms. The molecular weight excluding hydrogens is 454 g/mol. The van der Waals surface area contributed by atoms with Gasteiger partial charge >= 0.3 is 11.8 Å². The number of hydrogen-bond acceptors (Lipinski definition) is 6. The van der Waals surface area contributed by atoms with Crippen LogP contribution < -0.4 is 11.0 Å². The van der Waals surface area contributed by atoms with Gasteiger partial charge in [0.1, 0.15) is 6.04 Å². The number of benzene rings is 1. The Morgan fingerprint density at radius 3 is 2.86 bits per heavy atom. The van der Waals surface area contributed by atoms with Crippen molar-refractivity contribution in [1.29, 1.82) is 0 Å². The molecule has 2 fully saturated rings. The van der Waals surface area contributed by atoms with Crippen LogP contribution in [-0.2, 0) is 21.4 Å². The summed E-state index contributed by atoms with van der Waals surface area (Å²) in [5.41, 5.74) is 1.60. The number of para-hydroxylation sites is 1. The minimum Gasteiger partial charge on any atom is -0.465 e. The molecule has 3 heterocycles. The summed E-state index contributed by atoms with van der Waals surface area (Å²) in [6, 6.07) is 4.69. The lowest BCUT2D eigenvalue weighted by Crippen LogP contribution is -2.44. The Balaban J connectivity index is 1.50. The molecule has 0 spiro atoms. The van der Waals surface area contributed by atoms with E-state index < -0.39 is 18.0 Å². The highest BCUT2D eigenvalue weighted by atomic mass is 16.5. The maximum absolute atomic E-state index is 13.0. The van der Waals surface area contributed by atoms with Gasteiger partial charge in [-0.1, -0.05) is 17.9 Å². The molecule has 2 aromatic rings. The van der Waals surface area contributed by atoms with Gasteiger partial charge in [-0.25, -0.2) is 9.59 Å². The van der Waals surface area contributed by atoms with Crippen LogP contribution in [0.1, 0.15) is 30.9 Å². The fraction of sp³-hybridized carbons (Fsp3) is 0.500. The molecule has 2 aliphatic heterocycles. The van der Waals surface area contributed by atoms with E-state index in [0.29, 0.717) is 49.3 Å². The van der Waals surface area contributed by atoms with Crippen molar-refractivity contribution >= 4 is 28.9 Å². The van der Waals surface area contributed by atoms with Crippen LogP contribution in [0.2, 0.25) is 0 Å². The zero-order valence-electron chi connectivity index (χ0n) is 19.8. The molecule has 4 rings (SSSR count). The highest BCUT2D eigenvalue weighted by Crippen LogP contribution is 2.24. The number of carbonyl (C=O) groups excluding carboxylic acids is 2. The van der Waals surface area contributed by atoms with Gasteiger partial charge in [-0.15, -0.1) is 0 Å². The fourth-order valence-electron chi connectivity index (χ4n) is 4.55. The van der Waals surface area contributed by atoms with Crippen molar-refractivity contribution in [3.63, 3.8) is 0 Å². The van der Waals surface area contributed by atoms with Gasteiger partial charge in [0.25, 0.3) is 0 Å². The third kappa shape index (κ3) is 5.23. The first-order valence-electron chi connectivity index (χ1n) is 11.6. The number of carboxylic acid groups (broad SMARTS) is 1. The summed E-state index contributed by atoms with van der Waals surface area (Å²) in [5, 5.41) is 11.3. The van der Waals surface area contributed by atoms with Crippen molar-refractivity contribution in [2.24, 2.45) is 7.05 Å². The molecule has 0 aliphatic carbocycles. The number of ether oxygens (including phenoxy) is 1. The van der Waals surface area contributed by atoms with Crippen LogP contribution >= 0.6 is 0 Å². The average molecular weight is 484 g/mol. The van der Waals surface area contributed by atoms with E-state index in [1.54, 1.807) is 19.2 Å². The van der Waals surface area contributed by atoms with E-state index in [-0.39, 0.29) is 30.5 Å². The molecule has 1 aromatic carbocycles. The second-order valence-electron chi connectivity index (χ2n) is 8.87. The number of piperidine rings is 1. The van der Waals surface area contributed by atoms with Crippen molar-refractivity contribution in [2.75, 3.05) is 39.8 Å². The number of carbonyl (C=O) groups is 3. The zero-order chi connectivity index (χ0) is 25.1. The number of rotatable bonds is 5. The first-order valence-corrected chi connectivity index (χ1v) is 11.6. The molecule has 11 nitrogen and oxygen atoms in total. The normalized spacial score (nSPS) is 20.9. The quantitative estimate of drug-likeness (QED) is 0.465. The number of imidazole rings is 1. The Hall–Kier alpha value is -3.62. The van der Waals surface area contributed by atoms with Crippen LogP contribution in [0.3, 0.4) is 0 Å². The number of nitrogens with one attached hydrogen (secondary N) is 1. The van der Waals surface area contributed by atoms with Crippen molar-refractivity contribution in [2.45, 2.75) is 31.4 Å². The lowest BCUT2D eigenvalue weighted by atomic mass is 10.1. The molecule has 186 valence electrons. The summed E-state index contributed by atoms with van der Waals surface area (Å²) < 4.78 is 8.70. The molecular formula is C24H29N5O6. The van der Waals surface area contributed by atoms with Crippen LogP contribution in [0.5, 0.6) is 0 Å². The average Bonchev–Trinajstić information content (AvgIpc) is 3.08. The van der Waals surface area contributed by atoms with Gasteiger partial charge in [0.2, 0.25) is 11.8 Å². The summed E-state index contributed by atoms with van der Waals surface area (Å²) in [4.78, 5) is 51.4. The number of aryl methyl sites for hydroxylation is 1. The van der Waals surface area contributed by atoms with Gasteiger partial charge in [0.05, 0.1) is 35.9 Å². The maximum Gasteiger partial charge on any atom is 0.407 e. The number of hydrogen-bond donors (Lipinski definition) is 2. The molecule has 0 saturated carbocycles. The lowest BCUT2D eigenvalue weighted by Gasteiger charge is -2.32.